The number of alkyl halides is 2. The molecular weight excluding hydrogens is 532 g/mol. The van der Waals surface area contributed by atoms with Crippen molar-refractivity contribution in [2.45, 2.75) is 56.5 Å². The summed E-state index contributed by atoms with van der Waals surface area (Å²) in [5, 5.41) is 15.3. The molecule has 1 saturated carbocycles. The lowest BCUT2D eigenvalue weighted by atomic mass is 10.0. The average molecular weight is 568 g/mol. The highest BCUT2D eigenvalue weighted by Crippen LogP contribution is 2.40. The number of methoxy groups -OCH3 is 1. The fourth-order valence-corrected chi connectivity index (χ4v) is 5.79. The van der Waals surface area contributed by atoms with Crippen molar-refractivity contribution in [2.24, 2.45) is 4.99 Å². The summed E-state index contributed by atoms with van der Waals surface area (Å²) in [6.07, 6.45) is 8.20. The zero-order valence-corrected chi connectivity index (χ0v) is 23.5. The van der Waals surface area contributed by atoms with Gasteiger partial charge in [0.2, 0.25) is 12.1 Å². The molecule has 1 saturated heterocycles. The van der Waals surface area contributed by atoms with Crippen LogP contribution in [0, 0.1) is 11.5 Å². The van der Waals surface area contributed by atoms with Crippen LogP contribution in [0.5, 0.6) is 5.75 Å². The minimum Gasteiger partial charge on any atom is -0.495 e. The van der Waals surface area contributed by atoms with Crippen molar-refractivity contribution in [3.05, 3.63) is 30.0 Å². The Hall–Kier alpha value is -4.05. The highest BCUT2D eigenvalue weighted by molar-refractivity contribution is 6.06. The van der Waals surface area contributed by atoms with Crippen molar-refractivity contribution >= 4 is 34.9 Å². The van der Waals surface area contributed by atoms with Gasteiger partial charge in [0.25, 0.3) is 5.91 Å². The number of nitriles is 1. The van der Waals surface area contributed by atoms with Gasteiger partial charge in [-0.05, 0) is 64.0 Å². The quantitative estimate of drug-likeness (QED) is 0.503. The number of carbonyl (C=O) groups is 1. The van der Waals surface area contributed by atoms with E-state index < -0.39 is 18.3 Å². The molecule has 1 amide bonds. The van der Waals surface area contributed by atoms with E-state index in [1.807, 2.05) is 0 Å². The lowest BCUT2D eigenvalue weighted by molar-refractivity contribution is 0.0823. The molecule has 1 aromatic carbocycles. The highest BCUT2D eigenvalue weighted by Gasteiger charge is 2.47. The normalized spacial score (nSPS) is 20.8. The van der Waals surface area contributed by atoms with E-state index in [-0.39, 0.29) is 23.9 Å². The molecule has 2 aromatic rings. The van der Waals surface area contributed by atoms with Gasteiger partial charge in [-0.25, -0.2) is 4.98 Å². The Bertz CT molecular complexity index is 1350. The average Bonchev–Trinajstić information content (AvgIpc) is 3.48. The maximum Gasteiger partial charge on any atom is 0.322 e. The molecular formula is C28H35F2N9O2. The van der Waals surface area contributed by atoms with Crippen LogP contribution in [0.25, 0.3) is 0 Å². The molecule has 5 rings (SSSR count). The van der Waals surface area contributed by atoms with Gasteiger partial charge in [0.15, 0.2) is 11.7 Å². The number of nitrogens with zero attached hydrogens (tertiary/aromatic N) is 7. The number of hydrogen-bond acceptors (Lipinski definition) is 9. The third kappa shape index (κ3) is 6.02. The van der Waals surface area contributed by atoms with Gasteiger partial charge in [-0.1, -0.05) is 12.8 Å². The van der Waals surface area contributed by atoms with Crippen molar-refractivity contribution in [1.82, 2.24) is 20.2 Å². The Kier molecular flexibility index (Phi) is 8.21. The fraction of sp³-hybridized carbons (Fsp3) is 0.536. The molecule has 2 fully saturated rings. The number of ether oxygens (including phenoxy) is 1. The Morgan fingerprint density at radius 2 is 1.93 bits per heavy atom. The lowest BCUT2D eigenvalue weighted by Crippen LogP contribution is -2.48. The topological polar surface area (TPSA) is 122 Å². The maximum atomic E-state index is 15.4. The van der Waals surface area contributed by atoms with Gasteiger partial charge >= 0.3 is 5.92 Å². The molecule has 3 aliphatic rings. The summed E-state index contributed by atoms with van der Waals surface area (Å²) in [5.41, 5.74) is 1.33. The molecule has 41 heavy (non-hydrogen) atoms. The van der Waals surface area contributed by atoms with Gasteiger partial charge in [0.05, 0.1) is 25.5 Å². The van der Waals surface area contributed by atoms with Crippen LogP contribution in [-0.4, -0.2) is 85.5 Å². The second-order valence-electron chi connectivity index (χ2n) is 10.9. The molecule has 0 spiro atoms. The third-order valence-electron chi connectivity index (χ3n) is 8.08. The minimum absolute atomic E-state index is 0.117. The van der Waals surface area contributed by atoms with Gasteiger partial charge in [-0.3, -0.25) is 4.79 Å². The van der Waals surface area contributed by atoms with E-state index in [2.05, 4.69) is 37.5 Å². The first kappa shape index (κ1) is 28.5. The van der Waals surface area contributed by atoms with E-state index in [0.29, 0.717) is 28.5 Å². The number of likely N-dealkylation sites (tertiary alicyclic amines) is 1. The van der Waals surface area contributed by atoms with Crippen LogP contribution >= 0.6 is 0 Å². The first-order chi connectivity index (χ1) is 19.7. The number of nitrogens with one attached hydrogen (secondary N) is 2. The Morgan fingerprint density at radius 1 is 1.20 bits per heavy atom. The molecule has 0 atom stereocenters. The second-order valence-corrected chi connectivity index (χ2v) is 10.9. The Labute approximate surface area is 238 Å². The summed E-state index contributed by atoms with van der Waals surface area (Å²) in [6.45, 7) is 1.24. The van der Waals surface area contributed by atoms with E-state index in [1.54, 1.807) is 23.1 Å². The Balaban J connectivity index is 1.42. The predicted molar refractivity (Wildman–Crippen MR) is 152 cm³/mol. The molecule has 0 bridgehead atoms. The predicted octanol–water partition coefficient (Wildman–Crippen LogP) is 3.77. The van der Waals surface area contributed by atoms with Crippen LogP contribution in [0.4, 0.5) is 31.9 Å². The molecule has 3 heterocycles. The minimum atomic E-state index is -3.37. The van der Waals surface area contributed by atoms with Crippen LogP contribution in [0.1, 0.15) is 48.9 Å². The number of fused-ring (bicyclic) bond motifs is 1. The van der Waals surface area contributed by atoms with Crippen LogP contribution in [0.3, 0.4) is 0 Å². The number of rotatable bonds is 6. The number of aromatic nitrogens is 2. The number of anilines is 4. The van der Waals surface area contributed by atoms with Crippen molar-refractivity contribution in [3.63, 3.8) is 0 Å². The molecule has 13 heteroatoms. The number of hydrogen-bond donors (Lipinski definition) is 2. The number of carbonyl (C=O) groups excluding carboxylic acids is 1. The Morgan fingerprint density at radius 3 is 2.61 bits per heavy atom. The summed E-state index contributed by atoms with van der Waals surface area (Å²) >= 11 is 0. The smallest absolute Gasteiger partial charge is 0.322 e. The van der Waals surface area contributed by atoms with E-state index in [4.69, 9.17) is 10.00 Å². The molecule has 2 N–H and O–H groups in total. The zero-order valence-electron chi connectivity index (χ0n) is 23.5. The monoisotopic (exact) mass is 567 g/mol. The number of amidine groups is 1. The molecule has 2 aliphatic heterocycles. The van der Waals surface area contributed by atoms with Gasteiger partial charge in [-0.2, -0.15) is 24.0 Å². The van der Waals surface area contributed by atoms with Crippen LogP contribution < -0.4 is 25.2 Å². The SMILES string of the molecule is COc1cc(C(=O)NC2CCN(C)CC2)ccc1Nc1ncc2c(n1)N(C1CCCC1)CC(F)(F)/C(=N\C#N)N2C. The van der Waals surface area contributed by atoms with Crippen molar-refractivity contribution in [2.75, 3.05) is 56.0 Å². The summed E-state index contributed by atoms with van der Waals surface area (Å²) in [6, 6.07) is 5.07. The summed E-state index contributed by atoms with van der Waals surface area (Å²) in [4.78, 5) is 30.5. The number of aliphatic imine (C=N–C) groups is 1. The molecule has 11 nitrogen and oxygen atoms in total. The highest BCUT2D eigenvalue weighted by atomic mass is 19.3. The third-order valence-corrected chi connectivity index (χ3v) is 8.08. The molecule has 1 aliphatic carbocycles. The van der Waals surface area contributed by atoms with Gasteiger partial charge in [-0.15, -0.1) is 0 Å². The number of halogens is 2. The van der Waals surface area contributed by atoms with Crippen LogP contribution in [0.15, 0.2) is 29.4 Å². The summed E-state index contributed by atoms with van der Waals surface area (Å²) in [7, 11) is 5.02. The van der Waals surface area contributed by atoms with Crippen molar-refractivity contribution in [3.8, 4) is 11.9 Å². The molecule has 1 aromatic heterocycles. The summed E-state index contributed by atoms with van der Waals surface area (Å²) < 4.78 is 36.3. The largest absolute Gasteiger partial charge is 0.495 e. The molecule has 0 radical (unpaired) electrons. The summed E-state index contributed by atoms with van der Waals surface area (Å²) in [5.74, 6) is -3.23. The number of benzene rings is 1. The van der Waals surface area contributed by atoms with Crippen molar-refractivity contribution in [1.29, 1.82) is 5.26 Å². The maximum absolute atomic E-state index is 15.4. The number of piperidine rings is 1. The lowest BCUT2D eigenvalue weighted by Gasteiger charge is -2.31. The second kappa shape index (κ2) is 11.8. The van der Waals surface area contributed by atoms with Crippen molar-refractivity contribution < 1.29 is 18.3 Å². The van der Waals surface area contributed by atoms with Crippen LogP contribution in [-0.2, 0) is 0 Å². The van der Waals surface area contributed by atoms with E-state index in [9.17, 15) is 4.79 Å². The molecule has 0 unspecified atom stereocenters. The standard InChI is InChI=1S/C28H35F2N9O2/c1-37-12-10-19(11-13-37)34-25(40)18-8-9-21(23(14-18)41-3)35-27-32-15-22-24(36-27)39(20-6-4-5-7-20)16-28(29,30)26(33-17-31)38(22)2/h8-9,14-15,19-20H,4-7,10-13,16H2,1-3H3,(H,34,40)(H,32,35,36)/b33-26+. The zero-order chi connectivity index (χ0) is 29.1. The van der Waals surface area contributed by atoms with E-state index in [1.165, 1.54) is 31.4 Å². The first-order valence-corrected chi connectivity index (χ1v) is 13.9. The molecule has 218 valence electrons. The first-order valence-electron chi connectivity index (χ1n) is 13.9. The fourth-order valence-electron chi connectivity index (χ4n) is 5.79. The number of amides is 1. The van der Waals surface area contributed by atoms with Gasteiger partial charge in [0, 0.05) is 24.7 Å². The van der Waals surface area contributed by atoms with Crippen LogP contribution in [0.2, 0.25) is 0 Å². The van der Waals surface area contributed by atoms with Gasteiger partial charge < -0.3 is 30.1 Å². The van der Waals surface area contributed by atoms with E-state index in [0.717, 1.165) is 51.6 Å². The van der Waals surface area contributed by atoms with Gasteiger partial charge in [0.1, 0.15) is 11.4 Å². The van der Waals surface area contributed by atoms with E-state index >= 15 is 8.78 Å².